The standard InChI is InChI=1S/C16H25NO2/c1-6-12(5)14-10-8-9-13(11(3)4)15(14)19-16(18)17-7-2/h8-12H,6-7H2,1-5H3,(H,17,18). The number of nitrogens with one attached hydrogen (secondary N) is 1. The minimum absolute atomic E-state index is 0.327. The van der Waals surface area contributed by atoms with Gasteiger partial charge in [0.05, 0.1) is 0 Å². The summed E-state index contributed by atoms with van der Waals surface area (Å²) in [4.78, 5) is 11.7. The maximum atomic E-state index is 11.7. The molecule has 1 N–H and O–H groups in total. The Morgan fingerprint density at radius 2 is 1.84 bits per heavy atom. The molecule has 1 aromatic carbocycles. The minimum Gasteiger partial charge on any atom is -0.410 e. The lowest BCUT2D eigenvalue weighted by atomic mass is 9.92. The molecule has 0 aliphatic carbocycles. The summed E-state index contributed by atoms with van der Waals surface area (Å²) in [6.45, 7) is 11.0. The summed E-state index contributed by atoms with van der Waals surface area (Å²) in [6, 6.07) is 6.13. The van der Waals surface area contributed by atoms with Crippen molar-refractivity contribution in [1.82, 2.24) is 5.32 Å². The van der Waals surface area contributed by atoms with Gasteiger partial charge in [-0.1, -0.05) is 45.9 Å². The number of carbonyl (C=O) groups is 1. The summed E-state index contributed by atoms with van der Waals surface area (Å²) < 4.78 is 5.55. The van der Waals surface area contributed by atoms with Crippen molar-refractivity contribution in [1.29, 1.82) is 0 Å². The van der Waals surface area contributed by atoms with Crippen molar-refractivity contribution >= 4 is 6.09 Å². The second-order valence-corrected chi connectivity index (χ2v) is 5.15. The van der Waals surface area contributed by atoms with E-state index in [1.54, 1.807) is 0 Å². The van der Waals surface area contributed by atoms with Gasteiger partial charge in [0.2, 0.25) is 0 Å². The van der Waals surface area contributed by atoms with Crippen LogP contribution in [-0.2, 0) is 0 Å². The number of para-hydroxylation sites is 1. The van der Waals surface area contributed by atoms with E-state index in [0.29, 0.717) is 18.4 Å². The van der Waals surface area contributed by atoms with Crippen molar-refractivity contribution in [3.8, 4) is 5.75 Å². The lowest BCUT2D eigenvalue weighted by Gasteiger charge is -2.20. The molecule has 0 saturated heterocycles. The molecule has 1 amide bonds. The number of carbonyl (C=O) groups excluding carboxylic acids is 1. The second-order valence-electron chi connectivity index (χ2n) is 5.15. The molecule has 0 aliphatic heterocycles. The molecule has 3 nitrogen and oxygen atoms in total. The fourth-order valence-corrected chi connectivity index (χ4v) is 2.03. The highest BCUT2D eigenvalue weighted by Crippen LogP contribution is 2.35. The largest absolute Gasteiger partial charge is 0.412 e. The molecule has 0 saturated carbocycles. The molecule has 0 spiro atoms. The van der Waals surface area contributed by atoms with Gasteiger partial charge in [0, 0.05) is 6.54 Å². The van der Waals surface area contributed by atoms with Crippen molar-refractivity contribution in [3.05, 3.63) is 29.3 Å². The molecule has 0 aromatic heterocycles. The Kier molecular flexibility index (Phi) is 5.87. The van der Waals surface area contributed by atoms with Gasteiger partial charge < -0.3 is 10.1 Å². The molecule has 0 heterocycles. The predicted molar refractivity (Wildman–Crippen MR) is 78.9 cm³/mol. The third-order valence-electron chi connectivity index (χ3n) is 3.36. The van der Waals surface area contributed by atoms with Crippen molar-refractivity contribution in [3.63, 3.8) is 0 Å². The smallest absolute Gasteiger partial charge is 0.410 e. The first kappa shape index (κ1) is 15.5. The molecular weight excluding hydrogens is 238 g/mol. The molecule has 1 atom stereocenters. The normalized spacial score (nSPS) is 12.3. The van der Waals surface area contributed by atoms with E-state index in [2.05, 4.69) is 39.1 Å². The van der Waals surface area contributed by atoms with Gasteiger partial charge in [-0.15, -0.1) is 0 Å². The molecule has 0 bridgehead atoms. The van der Waals surface area contributed by atoms with E-state index in [0.717, 1.165) is 23.3 Å². The van der Waals surface area contributed by atoms with Gasteiger partial charge in [-0.3, -0.25) is 0 Å². The van der Waals surface area contributed by atoms with E-state index in [-0.39, 0.29) is 6.09 Å². The van der Waals surface area contributed by atoms with Crippen LogP contribution in [-0.4, -0.2) is 12.6 Å². The first-order chi connectivity index (χ1) is 9.01. The number of hydrogen-bond donors (Lipinski definition) is 1. The number of rotatable bonds is 5. The van der Waals surface area contributed by atoms with E-state index >= 15 is 0 Å². The maximum Gasteiger partial charge on any atom is 0.412 e. The Morgan fingerprint density at radius 1 is 1.21 bits per heavy atom. The van der Waals surface area contributed by atoms with Crippen LogP contribution in [0.3, 0.4) is 0 Å². The van der Waals surface area contributed by atoms with Crippen LogP contribution >= 0.6 is 0 Å². The zero-order chi connectivity index (χ0) is 14.4. The Balaban J connectivity index is 3.17. The van der Waals surface area contributed by atoms with Gasteiger partial charge in [-0.2, -0.15) is 0 Å². The highest BCUT2D eigenvalue weighted by Gasteiger charge is 2.18. The molecule has 0 fully saturated rings. The van der Waals surface area contributed by atoms with Gasteiger partial charge in [0.25, 0.3) is 0 Å². The highest BCUT2D eigenvalue weighted by atomic mass is 16.6. The highest BCUT2D eigenvalue weighted by molar-refractivity contribution is 5.71. The molecule has 3 heteroatoms. The third-order valence-corrected chi connectivity index (χ3v) is 3.36. The zero-order valence-electron chi connectivity index (χ0n) is 12.6. The van der Waals surface area contributed by atoms with Gasteiger partial charge in [0.15, 0.2) is 0 Å². The Labute approximate surface area is 116 Å². The van der Waals surface area contributed by atoms with E-state index in [9.17, 15) is 4.79 Å². The lowest BCUT2D eigenvalue weighted by molar-refractivity contribution is 0.200. The topological polar surface area (TPSA) is 38.3 Å². The van der Waals surface area contributed by atoms with Crippen molar-refractivity contribution < 1.29 is 9.53 Å². The summed E-state index contributed by atoms with van der Waals surface area (Å²) in [7, 11) is 0. The van der Waals surface area contributed by atoms with Crippen LogP contribution in [0.1, 0.15) is 64.0 Å². The third kappa shape index (κ3) is 3.98. The van der Waals surface area contributed by atoms with E-state index in [1.165, 1.54) is 0 Å². The zero-order valence-corrected chi connectivity index (χ0v) is 12.6. The minimum atomic E-state index is -0.375. The number of hydrogen-bond acceptors (Lipinski definition) is 2. The van der Waals surface area contributed by atoms with Crippen LogP contribution in [0, 0.1) is 0 Å². The predicted octanol–water partition coefficient (Wildman–Crippen LogP) is 4.43. The van der Waals surface area contributed by atoms with Crippen LogP contribution in [0.15, 0.2) is 18.2 Å². The van der Waals surface area contributed by atoms with Gasteiger partial charge in [-0.05, 0) is 36.3 Å². The van der Waals surface area contributed by atoms with Gasteiger partial charge >= 0.3 is 6.09 Å². The first-order valence-corrected chi connectivity index (χ1v) is 7.09. The van der Waals surface area contributed by atoms with Crippen LogP contribution in [0.4, 0.5) is 4.79 Å². The van der Waals surface area contributed by atoms with Gasteiger partial charge in [-0.25, -0.2) is 4.79 Å². The fourth-order valence-electron chi connectivity index (χ4n) is 2.03. The summed E-state index contributed by atoms with van der Waals surface area (Å²) in [6.07, 6.45) is 0.646. The molecule has 1 unspecified atom stereocenters. The molecule has 0 radical (unpaired) electrons. The van der Waals surface area contributed by atoms with Crippen molar-refractivity contribution in [2.75, 3.05) is 6.54 Å². The van der Waals surface area contributed by atoms with Gasteiger partial charge in [0.1, 0.15) is 5.75 Å². The van der Waals surface area contributed by atoms with Crippen LogP contribution in [0.2, 0.25) is 0 Å². The van der Waals surface area contributed by atoms with Crippen LogP contribution < -0.4 is 10.1 Å². The molecule has 0 aliphatic rings. The molecule has 1 rings (SSSR count). The molecular formula is C16H25NO2. The van der Waals surface area contributed by atoms with Crippen molar-refractivity contribution in [2.24, 2.45) is 0 Å². The number of amides is 1. The molecule has 1 aromatic rings. The SMILES string of the molecule is CCNC(=O)Oc1c(C(C)C)cccc1C(C)CC. The molecule has 106 valence electrons. The lowest BCUT2D eigenvalue weighted by Crippen LogP contribution is -2.27. The maximum absolute atomic E-state index is 11.7. The van der Waals surface area contributed by atoms with E-state index in [1.807, 2.05) is 19.1 Å². The quantitative estimate of drug-likeness (QED) is 0.853. The summed E-state index contributed by atoms with van der Waals surface area (Å²) in [5.41, 5.74) is 2.20. The second kappa shape index (κ2) is 7.17. The van der Waals surface area contributed by atoms with Crippen molar-refractivity contribution in [2.45, 2.75) is 52.9 Å². The monoisotopic (exact) mass is 263 g/mol. The van der Waals surface area contributed by atoms with Crippen LogP contribution in [0.5, 0.6) is 5.75 Å². The average molecular weight is 263 g/mol. The number of benzene rings is 1. The summed E-state index contributed by atoms with van der Waals surface area (Å²) in [5.74, 6) is 1.44. The summed E-state index contributed by atoms with van der Waals surface area (Å²) >= 11 is 0. The summed E-state index contributed by atoms with van der Waals surface area (Å²) in [5, 5.41) is 2.68. The van der Waals surface area contributed by atoms with E-state index < -0.39 is 0 Å². The Hall–Kier alpha value is -1.51. The Bertz CT molecular complexity index is 427. The van der Waals surface area contributed by atoms with Crippen LogP contribution in [0.25, 0.3) is 0 Å². The number of ether oxygens (including phenoxy) is 1. The Morgan fingerprint density at radius 3 is 2.37 bits per heavy atom. The average Bonchev–Trinajstić information content (AvgIpc) is 2.38. The first-order valence-electron chi connectivity index (χ1n) is 7.09. The van der Waals surface area contributed by atoms with E-state index in [4.69, 9.17) is 4.74 Å². The molecule has 19 heavy (non-hydrogen) atoms. The fraction of sp³-hybridized carbons (Fsp3) is 0.562.